The van der Waals surface area contributed by atoms with Crippen molar-refractivity contribution < 1.29 is 22.3 Å². The Balaban J connectivity index is 1.23. The molecule has 0 spiro atoms. The van der Waals surface area contributed by atoms with Crippen LogP contribution in [-0.4, -0.2) is 75.6 Å². The average molecular weight is 685 g/mol. The summed E-state index contributed by atoms with van der Waals surface area (Å²) in [6, 6.07) is 0.571. The maximum Gasteiger partial charge on any atom is 0.397 e. The van der Waals surface area contributed by atoms with Crippen molar-refractivity contribution in [2.24, 2.45) is 58.0 Å². The van der Waals surface area contributed by atoms with Crippen molar-refractivity contribution >= 4 is 10.4 Å². The molecule has 0 amide bonds. The Morgan fingerprint density at radius 2 is 1.47 bits per heavy atom. The fraction of sp³-hybridized carbons (Fsp3) is 1.00. The number of nitrogens with two attached hydrogens (primary N) is 1. The van der Waals surface area contributed by atoms with Crippen LogP contribution in [0.15, 0.2) is 0 Å². The van der Waals surface area contributed by atoms with E-state index in [1.165, 1.54) is 57.8 Å². The van der Waals surface area contributed by atoms with Crippen LogP contribution in [0.25, 0.3) is 0 Å². The Morgan fingerprint density at radius 3 is 2.13 bits per heavy atom. The molecule has 3 unspecified atom stereocenters. The van der Waals surface area contributed by atoms with Crippen molar-refractivity contribution in [3.05, 3.63) is 0 Å². The first-order valence-electron chi connectivity index (χ1n) is 19.5. The van der Waals surface area contributed by atoms with Crippen molar-refractivity contribution in [3.8, 4) is 0 Å². The van der Waals surface area contributed by atoms with Crippen LogP contribution in [0.4, 0.5) is 0 Å². The third kappa shape index (κ3) is 10.1. The highest BCUT2D eigenvalue weighted by Crippen LogP contribution is 2.68. The quantitative estimate of drug-likeness (QED) is 0.0720. The minimum absolute atomic E-state index is 0.0137. The number of hydrogen-bond acceptors (Lipinski definition) is 8. The molecule has 0 bridgehead atoms. The van der Waals surface area contributed by atoms with E-state index in [1.54, 1.807) is 0 Å². The predicted octanol–water partition coefficient (Wildman–Crippen LogP) is 5.53. The molecule has 4 saturated carbocycles. The molecule has 4 aliphatic rings. The molecule has 7 N–H and O–H groups in total. The van der Waals surface area contributed by atoms with Gasteiger partial charge in [-0.1, -0.05) is 34.6 Å². The third-order valence-electron chi connectivity index (χ3n) is 13.8. The van der Waals surface area contributed by atoms with Gasteiger partial charge in [0.15, 0.2) is 0 Å². The standard InChI is InChI=1S/C37H72N4O5S/c1-26(2)34(46-47(43,44)45)13-10-27(3)30-11-12-31-35-32(15-17-37(30,31)5)36(4)16-14-29(24-28(36)25-33(35)42)41-23-9-22-40-20-7-6-19-39-21-8-18-38/h26-35,39-42H,6-25,38H2,1-5H3,(H,43,44,45)/t27-,28-,29+,30-,31?,32?,33-,34-,35?,36+,37-/m1/s1. The molecule has 11 atom stereocenters. The zero-order valence-corrected chi connectivity index (χ0v) is 31.3. The highest BCUT2D eigenvalue weighted by molar-refractivity contribution is 7.80. The minimum atomic E-state index is -4.46. The van der Waals surface area contributed by atoms with Gasteiger partial charge in [0.05, 0.1) is 12.2 Å². The second kappa shape index (κ2) is 17.7. The maximum atomic E-state index is 11.8. The molecule has 0 radical (unpaired) electrons. The van der Waals surface area contributed by atoms with Crippen molar-refractivity contribution in [2.75, 3.05) is 39.3 Å². The monoisotopic (exact) mass is 685 g/mol. The number of aliphatic hydroxyl groups excluding tert-OH is 1. The molecule has 9 nitrogen and oxygen atoms in total. The molecule has 4 fully saturated rings. The summed E-state index contributed by atoms with van der Waals surface area (Å²) in [5, 5.41) is 22.8. The number of fused-ring (bicyclic) bond motifs is 5. The molecule has 0 aliphatic heterocycles. The van der Waals surface area contributed by atoms with Gasteiger partial charge in [-0.15, -0.1) is 0 Å². The van der Waals surface area contributed by atoms with Crippen LogP contribution in [-0.2, 0) is 14.6 Å². The van der Waals surface area contributed by atoms with Crippen molar-refractivity contribution in [1.29, 1.82) is 0 Å². The van der Waals surface area contributed by atoms with Crippen molar-refractivity contribution in [1.82, 2.24) is 16.0 Å². The van der Waals surface area contributed by atoms with Gasteiger partial charge < -0.3 is 26.8 Å². The fourth-order valence-electron chi connectivity index (χ4n) is 11.2. The summed E-state index contributed by atoms with van der Waals surface area (Å²) in [7, 11) is -4.46. The molecular weight excluding hydrogens is 612 g/mol. The largest absolute Gasteiger partial charge is 0.397 e. The molecule has 0 saturated heterocycles. The highest BCUT2D eigenvalue weighted by Gasteiger charge is 2.62. The number of unbranched alkanes of at least 4 members (excludes halogenated alkanes) is 1. The highest BCUT2D eigenvalue weighted by atomic mass is 32.3. The summed E-state index contributed by atoms with van der Waals surface area (Å²) in [6.07, 6.45) is 15.0. The minimum Gasteiger partial charge on any atom is -0.393 e. The van der Waals surface area contributed by atoms with Crippen LogP contribution in [0.2, 0.25) is 0 Å². The summed E-state index contributed by atoms with van der Waals surface area (Å²) in [6.45, 7) is 17.4. The lowest BCUT2D eigenvalue weighted by Gasteiger charge is -2.62. The second-order valence-electron chi connectivity index (χ2n) is 17.0. The molecular formula is C37H72N4O5S. The molecule has 0 aromatic carbocycles. The lowest BCUT2D eigenvalue weighted by molar-refractivity contribution is -0.167. The van der Waals surface area contributed by atoms with Gasteiger partial charge in [-0.2, -0.15) is 8.42 Å². The van der Waals surface area contributed by atoms with Crippen LogP contribution < -0.4 is 21.7 Å². The van der Waals surface area contributed by atoms with E-state index in [-0.39, 0.29) is 17.4 Å². The predicted molar refractivity (Wildman–Crippen MR) is 191 cm³/mol. The molecule has 4 rings (SSSR count). The Kier molecular flexibility index (Phi) is 14.9. The zero-order valence-electron chi connectivity index (χ0n) is 30.5. The van der Waals surface area contributed by atoms with Gasteiger partial charge in [0.2, 0.25) is 0 Å². The van der Waals surface area contributed by atoms with Gasteiger partial charge in [0.1, 0.15) is 0 Å². The summed E-state index contributed by atoms with van der Waals surface area (Å²) in [5.74, 6) is 3.20. The molecule has 276 valence electrons. The first kappa shape index (κ1) is 39.5. The van der Waals surface area contributed by atoms with E-state index < -0.39 is 16.5 Å². The Morgan fingerprint density at radius 1 is 0.830 bits per heavy atom. The van der Waals surface area contributed by atoms with E-state index in [2.05, 4.69) is 36.7 Å². The third-order valence-corrected chi connectivity index (χ3v) is 14.3. The summed E-state index contributed by atoms with van der Waals surface area (Å²) >= 11 is 0. The fourth-order valence-corrected chi connectivity index (χ4v) is 11.8. The zero-order chi connectivity index (χ0) is 34.2. The first-order valence-corrected chi connectivity index (χ1v) is 20.8. The molecule has 0 heterocycles. The van der Waals surface area contributed by atoms with Gasteiger partial charge in [-0.05, 0) is 181 Å². The SMILES string of the molecule is CC(C)[C@@H](CC[C@@H](C)[C@H]1CCC2C3C(CC[C@@]21C)[C@@]1(C)CC[C@H](NCCCNCCCCNCCCN)C[C@@H]1C[C@H]3O)OS(=O)(=O)O. The smallest absolute Gasteiger partial charge is 0.393 e. The Hall–Kier alpha value is -0.330. The normalized spacial score (nSPS) is 36.9. The average Bonchev–Trinajstić information content (AvgIpc) is 3.36. The van der Waals surface area contributed by atoms with E-state index in [4.69, 9.17) is 9.92 Å². The molecule has 10 heteroatoms. The number of hydrogen-bond donors (Lipinski definition) is 6. The van der Waals surface area contributed by atoms with E-state index in [0.717, 1.165) is 65.0 Å². The molecule has 47 heavy (non-hydrogen) atoms. The van der Waals surface area contributed by atoms with E-state index in [9.17, 15) is 18.1 Å². The topological polar surface area (TPSA) is 146 Å². The number of rotatable bonds is 20. The van der Waals surface area contributed by atoms with Crippen LogP contribution in [0, 0.1) is 52.3 Å². The molecule has 0 aromatic rings. The van der Waals surface area contributed by atoms with Gasteiger partial charge in [-0.3, -0.25) is 4.55 Å². The van der Waals surface area contributed by atoms with Gasteiger partial charge in [0, 0.05) is 6.04 Å². The van der Waals surface area contributed by atoms with Gasteiger partial charge in [-0.25, -0.2) is 4.18 Å². The van der Waals surface area contributed by atoms with Crippen LogP contribution in [0.3, 0.4) is 0 Å². The second-order valence-corrected chi connectivity index (χ2v) is 18.1. The lowest BCUT2D eigenvalue weighted by Crippen LogP contribution is -2.59. The van der Waals surface area contributed by atoms with E-state index in [0.29, 0.717) is 53.4 Å². The number of aliphatic hydroxyl groups is 1. The van der Waals surface area contributed by atoms with Crippen LogP contribution >= 0.6 is 0 Å². The van der Waals surface area contributed by atoms with Crippen molar-refractivity contribution in [3.63, 3.8) is 0 Å². The summed E-state index contributed by atoms with van der Waals surface area (Å²) < 4.78 is 37.2. The molecule has 4 aliphatic carbocycles. The van der Waals surface area contributed by atoms with Crippen LogP contribution in [0.5, 0.6) is 0 Å². The lowest BCUT2D eigenvalue weighted by atomic mass is 9.43. The Bertz CT molecular complexity index is 1050. The van der Waals surface area contributed by atoms with Crippen molar-refractivity contribution in [2.45, 2.75) is 143 Å². The van der Waals surface area contributed by atoms with Gasteiger partial charge >= 0.3 is 10.4 Å². The van der Waals surface area contributed by atoms with Crippen LogP contribution in [0.1, 0.15) is 125 Å². The summed E-state index contributed by atoms with van der Waals surface area (Å²) in [5.41, 5.74) is 6.08. The summed E-state index contributed by atoms with van der Waals surface area (Å²) in [4.78, 5) is 0. The van der Waals surface area contributed by atoms with E-state index in [1.807, 2.05) is 13.8 Å². The molecule has 0 aromatic heterocycles. The first-order chi connectivity index (χ1) is 22.3. The number of nitrogens with one attached hydrogen (secondary N) is 3. The van der Waals surface area contributed by atoms with Gasteiger partial charge in [0.25, 0.3) is 0 Å². The maximum absolute atomic E-state index is 11.8. The Labute approximate surface area is 288 Å². The van der Waals surface area contributed by atoms with E-state index >= 15 is 0 Å².